The lowest BCUT2D eigenvalue weighted by atomic mass is 9.81. The molecule has 2 heteroatoms. The van der Waals surface area contributed by atoms with Crippen LogP contribution >= 0.6 is 0 Å². The second kappa shape index (κ2) is 6.84. The van der Waals surface area contributed by atoms with Gasteiger partial charge in [-0.3, -0.25) is 0 Å². The van der Waals surface area contributed by atoms with Gasteiger partial charge in [0, 0.05) is 10.2 Å². The van der Waals surface area contributed by atoms with E-state index in [1.807, 2.05) is 6.08 Å². The Morgan fingerprint density at radius 2 is 1.65 bits per heavy atom. The van der Waals surface area contributed by atoms with Crippen molar-refractivity contribution >= 4 is 10.2 Å². The minimum absolute atomic E-state index is 0.0598. The van der Waals surface area contributed by atoms with E-state index in [4.69, 9.17) is 4.74 Å². The number of allylic oxidation sites excluding steroid dienone is 1. The van der Waals surface area contributed by atoms with Crippen LogP contribution in [-0.2, 0) is 11.8 Å². The van der Waals surface area contributed by atoms with Crippen LogP contribution in [0.4, 0.5) is 0 Å². The fraction of sp³-hybridized carbons (Fsp3) is 0.619. The Labute approximate surface area is 147 Å². The molecule has 0 aliphatic heterocycles. The summed E-state index contributed by atoms with van der Waals surface area (Å²) in [6, 6.07) is 6.62. The van der Waals surface area contributed by atoms with Crippen LogP contribution in [0.25, 0.3) is 0 Å². The van der Waals surface area contributed by atoms with Gasteiger partial charge in [0.15, 0.2) is 0 Å². The van der Waals surface area contributed by atoms with E-state index in [1.165, 1.54) is 11.1 Å². The molecular weight excluding hydrogens is 296 g/mol. The highest BCUT2D eigenvalue weighted by Gasteiger charge is 2.37. The molecular formula is C21H36OSi. The van der Waals surface area contributed by atoms with Gasteiger partial charge in [0.2, 0.25) is 0 Å². The predicted octanol–water partition coefficient (Wildman–Crippen LogP) is 5.07. The van der Waals surface area contributed by atoms with Gasteiger partial charge in [-0.15, -0.1) is 6.58 Å². The summed E-state index contributed by atoms with van der Waals surface area (Å²) in [5.74, 6) is 1.04. The molecule has 130 valence electrons. The molecule has 0 bridgehead atoms. The second-order valence-electron chi connectivity index (χ2n) is 9.80. The van der Waals surface area contributed by atoms with E-state index in [2.05, 4.69) is 80.2 Å². The molecule has 23 heavy (non-hydrogen) atoms. The molecule has 1 unspecified atom stereocenters. The lowest BCUT2D eigenvalue weighted by molar-refractivity contribution is 0.0533. The highest BCUT2D eigenvalue weighted by molar-refractivity contribution is 6.15. The van der Waals surface area contributed by atoms with E-state index >= 15 is 0 Å². The van der Waals surface area contributed by atoms with Crippen molar-refractivity contribution in [1.29, 1.82) is 0 Å². The maximum Gasteiger partial charge on any atom is 0.123 e. The highest BCUT2D eigenvalue weighted by atomic mass is 28.1. The van der Waals surface area contributed by atoms with E-state index in [9.17, 15) is 0 Å². The Balaban J connectivity index is 3.33. The van der Waals surface area contributed by atoms with Gasteiger partial charge in [0.05, 0.1) is 0 Å². The van der Waals surface area contributed by atoms with Gasteiger partial charge in [-0.25, -0.2) is 0 Å². The topological polar surface area (TPSA) is 9.23 Å². The molecule has 1 atom stereocenters. The Bertz CT molecular complexity index is 524. The summed E-state index contributed by atoms with van der Waals surface area (Å²) < 4.78 is 6.64. The summed E-state index contributed by atoms with van der Waals surface area (Å²) in [7, 11) is 1.10. The Morgan fingerprint density at radius 1 is 1.09 bits per heavy atom. The van der Waals surface area contributed by atoms with Crippen molar-refractivity contribution in [1.82, 2.24) is 0 Å². The smallest absolute Gasteiger partial charge is 0.123 e. The molecule has 0 aliphatic carbocycles. The van der Waals surface area contributed by atoms with Gasteiger partial charge in [0.1, 0.15) is 11.9 Å². The lowest BCUT2D eigenvalue weighted by Crippen LogP contribution is -2.41. The first-order valence-electron chi connectivity index (χ1n) is 8.68. The molecule has 0 aromatic heterocycles. The molecule has 0 saturated heterocycles. The van der Waals surface area contributed by atoms with Crippen LogP contribution in [-0.4, -0.2) is 16.3 Å². The third-order valence-electron chi connectivity index (χ3n) is 4.05. The van der Waals surface area contributed by atoms with E-state index in [0.29, 0.717) is 0 Å². The van der Waals surface area contributed by atoms with Crippen LogP contribution in [0.15, 0.2) is 30.9 Å². The summed E-state index contributed by atoms with van der Waals surface area (Å²) >= 11 is 0. The summed E-state index contributed by atoms with van der Waals surface area (Å²) in [6.45, 7) is 22.1. The van der Waals surface area contributed by atoms with Crippen LogP contribution in [0.5, 0.6) is 5.75 Å². The average Bonchev–Trinajstić information content (AvgIpc) is 2.33. The monoisotopic (exact) mass is 332 g/mol. The summed E-state index contributed by atoms with van der Waals surface area (Å²) in [4.78, 5) is 0. The normalized spacial score (nSPS) is 14.6. The highest BCUT2D eigenvalue weighted by Crippen LogP contribution is 2.42. The van der Waals surface area contributed by atoms with Crippen molar-refractivity contribution in [3.63, 3.8) is 0 Å². The van der Waals surface area contributed by atoms with Crippen LogP contribution in [0.2, 0.25) is 5.04 Å². The van der Waals surface area contributed by atoms with Crippen molar-refractivity contribution < 1.29 is 4.74 Å². The number of ether oxygens (including phenoxy) is 1. The molecule has 0 radical (unpaired) electrons. The molecule has 0 amide bonds. The van der Waals surface area contributed by atoms with E-state index < -0.39 is 0 Å². The van der Waals surface area contributed by atoms with Gasteiger partial charge in [-0.1, -0.05) is 73.6 Å². The molecule has 1 nitrogen and oxygen atoms in total. The largest absolute Gasteiger partial charge is 0.489 e. The van der Waals surface area contributed by atoms with E-state index in [-0.39, 0.29) is 22.0 Å². The molecule has 0 fully saturated rings. The van der Waals surface area contributed by atoms with Crippen LogP contribution < -0.4 is 4.74 Å². The van der Waals surface area contributed by atoms with Crippen LogP contribution in [0.1, 0.15) is 66.5 Å². The SMILES string of the molecule is C=CCc1ccc(OC(C(C)(C)C)C(C)(C)[SiH3])c(C(C)(C)C)c1. The molecule has 0 spiro atoms. The molecule has 0 N–H and O–H groups in total. The first-order chi connectivity index (χ1) is 10.3. The average molecular weight is 333 g/mol. The number of hydrogen-bond acceptors (Lipinski definition) is 1. The third kappa shape index (κ3) is 5.52. The van der Waals surface area contributed by atoms with Gasteiger partial charge < -0.3 is 4.74 Å². The number of hydrogen-bond donors (Lipinski definition) is 0. The standard InChI is InChI=1S/C21H36OSi/c1-10-11-15-12-13-17(16(14-15)19(2,3)4)22-18(20(5,6)7)21(8,9)23/h10,12-14,18H,1,11H2,2-9,23H3. The van der Waals surface area contributed by atoms with Gasteiger partial charge in [-0.05, 0) is 39.5 Å². The Hall–Kier alpha value is -1.02. The maximum absolute atomic E-state index is 6.64. The molecule has 1 aromatic carbocycles. The van der Waals surface area contributed by atoms with Gasteiger partial charge >= 0.3 is 0 Å². The van der Waals surface area contributed by atoms with Crippen molar-refractivity contribution in [2.75, 3.05) is 0 Å². The zero-order valence-corrected chi connectivity index (χ0v) is 18.7. The van der Waals surface area contributed by atoms with Crippen molar-refractivity contribution in [2.45, 2.75) is 78.4 Å². The molecule has 1 aromatic rings. The summed E-state index contributed by atoms with van der Waals surface area (Å²) in [6.07, 6.45) is 3.06. The van der Waals surface area contributed by atoms with Gasteiger partial charge in [-0.2, -0.15) is 0 Å². The summed E-state index contributed by atoms with van der Waals surface area (Å²) in [5, 5.41) is 0.215. The minimum Gasteiger partial charge on any atom is -0.489 e. The number of rotatable bonds is 5. The lowest BCUT2D eigenvalue weighted by Gasteiger charge is -2.41. The van der Waals surface area contributed by atoms with E-state index in [1.54, 1.807) is 0 Å². The quantitative estimate of drug-likeness (QED) is 0.540. The van der Waals surface area contributed by atoms with Crippen LogP contribution in [0.3, 0.4) is 0 Å². The predicted molar refractivity (Wildman–Crippen MR) is 107 cm³/mol. The van der Waals surface area contributed by atoms with Gasteiger partial charge in [0.25, 0.3) is 0 Å². The van der Waals surface area contributed by atoms with E-state index in [0.717, 1.165) is 22.4 Å². The van der Waals surface area contributed by atoms with Crippen molar-refractivity contribution in [3.05, 3.63) is 42.0 Å². The number of benzene rings is 1. The Morgan fingerprint density at radius 3 is 2.04 bits per heavy atom. The molecule has 0 saturated carbocycles. The molecule has 1 rings (SSSR count). The third-order valence-corrected chi connectivity index (χ3v) is 4.57. The van der Waals surface area contributed by atoms with Crippen molar-refractivity contribution in [2.24, 2.45) is 5.41 Å². The fourth-order valence-corrected chi connectivity index (χ4v) is 4.32. The van der Waals surface area contributed by atoms with Crippen LogP contribution in [0, 0.1) is 5.41 Å². The minimum atomic E-state index is 0.0598. The zero-order valence-electron chi connectivity index (χ0n) is 16.7. The summed E-state index contributed by atoms with van der Waals surface area (Å²) in [5.41, 5.74) is 2.76. The fourth-order valence-electron chi connectivity index (χ4n) is 3.34. The molecule has 0 aliphatic rings. The van der Waals surface area contributed by atoms with Crippen molar-refractivity contribution in [3.8, 4) is 5.75 Å². The Kier molecular flexibility index (Phi) is 5.96. The second-order valence-corrected chi connectivity index (χ2v) is 12.4. The first kappa shape index (κ1) is 20.0. The zero-order chi connectivity index (χ0) is 18.1. The molecule has 0 heterocycles. The maximum atomic E-state index is 6.64. The first-order valence-corrected chi connectivity index (χ1v) is 9.68.